The van der Waals surface area contributed by atoms with Gasteiger partial charge in [-0.05, 0) is 43.0 Å². The molecular formula is C14H18N2O. The summed E-state index contributed by atoms with van der Waals surface area (Å²) >= 11 is 0. The van der Waals surface area contributed by atoms with E-state index in [0.29, 0.717) is 6.04 Å². The fraction of sp³-hybridized carbons (Fsp3) is 0.500. The van der Waals surface area contributed by atoms with E-state index in [1.165, 1.54) is 11.1 Å². The van der Waals surface area contributed by atoms with Gasteiger partial charge in [-0.3, -0.25) is 0 Å². The molecule has 1 aromatic rings. The molecule has 1 aliphatic heterocycles. The predicted octanol–water partition coefficient (Wildman–Crippen LogP) is 2.14. The van der Waals surface area contributed by atoms with Crippen molar-refractivity contribution in [3.05, 3.63) is 34.9 Å². The highest BCUT2D eigenvalue weighted by atomic mass is 16.5. The maximum atomic E-state index is 8.81. The average Bonchev–Trinajstić information content (AvgIpc) is 2.38. The molecule has 0 radical (unpaired) electrons. The first-order valence-corrected chi connectivity index (χ1v) is 6.10. The van der Waals surface area contributed by atoms with E-state index < -0.39 is 0 Å². The second-order valence-electron chi connectivity index (χ2n) is 4.52. The van der Waals surface area contributed by atoms with Gasteiger partial charge in [-0.25, -0.2) is 0 Å². The number of ether oxygens (including phenoxy) is 1. The van der Waals surface area contributed by atoms with Crippen LogP contribution in [0.15, 0.2) is 18.2 Å². The van der Waals surface area contributed by atoms with E-state index in [0.717, 1.165) is 38.2 Å². The molecule has 1 heterocycles. The molecule has 90 valence electrons. The van der Waals surface area contributed by atoms with Crippen LogP contribution in [0.2, 0.25) is 0 Å². The molecule has 1 aliphatic rings. The zero-order valence-corrected chi connectivity index (χ0v) is 10.2. The van der Waals surface area contributed by atoms with Crippen molar-refractivity contribution in [3.63, 3.8) is 0 Å². The topological polar surface area (TPSA) is 45.0 Å². The summed E-state index contributed by atoms with van der Waals surface area (Å²) in [6.45, 7) is 4.66. The zero-order chi connectivity index (χ0) is 12.1. The van der Waals surface area contributed by atoms with Crippen molar-refractivity contribution in [2.45, 2.75) is 32.4 Å². The second kappa shape index (κ2) is 5.81. The lowest BCUT2D eigenvalue weighted by atomic mass is 10.0. The van der Waals surface area contributed by atoms with Crippen molar-refractivity contribution >= 4 is 0 Å². The van der Waals surface area contributed by atoms with E-state index in [-0.39, 0.29) is 0 Å². The Morgan fingerprint density at radius 1 is 1.41 bits per heavy atom. The molecule has 0 spiro atoms. The van der Waals surface area contributed by atoms with Gasteiger partial charge in [-0.2, -0.15) is 5.26 Å². The standard InChI is InChI=1S/C14H18N2O/c1-11-8-12(9-15)2-3-13(11)10-16-14-4-6-17-7-5-14/h2-3,8,14,16H,4-7,10H2,1H3. The van der Waals surface area contributed by atoms with Crippen molar-refractivity contribution in [2.75, 3.05) is 13.2 Å². The minimum atomic E-state index is 0.568. The fourth-order valence-corrected chi connectivity index (χ4v) is 2.12. The third kappa shape index (κ3) is 3.29. The van der Waals surface area contributed by atoms with Crippen LogP contribution in [0.1, 0.15) is 29.5 Å². The molecule has 1 aromatic carbocycles. The van der Waals surface area contributed by atoms with Crippen LogP contribution in [0.5, 0.6) is 0 Å². The Labute approximate surface area is 102 Å². The number of benzene rings is 1. The van der Waals surface area contributed by atoms with Gasteiger partial charge in [0.2, 0.25) is 0 Å². The molecule has 1 N–H and O–H groups in total. The highest BCUT2D eigenvalue weighted by Gasteiger charge is 2.13. The van der Waals surface area contributed by atoms with Crippen LogP contribution in [0.3, 0.4) is 0 Å². The number of nitrogens with one attached hydrogen (secondary N) is 1. The lowest BCUT2D eigenvalue weighted by Gasteiger charge is -2.23. The molecule has 0 atom stereocenters. The number of aryl methyl sites for hydroxylation is 1. The van der Waals surface area contributed by atoms with Crippen LogP contribution in [-0.4, -0.2) is 19.3 Å². The largest absolute Gasteiger partial charge is 0.381 e. The van der Waals surface area contributed by atoms with Gasteiger partial charge in [0, 0.05) is 25.8 Å². The molecule has 3 nitrogen and oxygen atoms in total. The van der Waals surface area contributed by atoms with Crippen LogP contribution in [0.4, 0.5) is 0 Å². The molecule has 3 heteroatoms. The number of rotatable bonds is 3. The molecule has 1 saturated heterocycles. The molecule has 17 heavy (non-hydrogen) atoms. The maximum Gasteiger partial charge on any atom is 0.0991 e. The molecule has 0 bridgehead atoms. The van der Waals surface area contributed by atoms with E-state index in [2.05, 4.69) is 18.3 Å². The summed E-state index contributed by atoms with van der Waals surface area (Å²) in [5.74, 6) is 0. The second-order valence-corrected chi connectivity index (χ2v) is 4.52. The van der Waals surface area contributed by atoms with Crippen LogP contribution < -0.4 is 5.32 Å². The summed E-state index contributed by atoms with van der Waals surface area (Å²) in [7, 11) is 0. The van der Waals surface area contributed by atoms with Gasteiger partial charge < -0.3 is 10.1 Å². The quantitative estimate of drug-likeness (QED) is 0.865. The van der Waals surface area contributed by atoms with Gasteiger partial charge in [0.15, 0.2) is 0 Å². The Bertz CT molecular complexity index is 417. The molecule has 0 unspecified atom stereocenters. The van der Waals surface area contributed by atoms with Crippen molar-refractivity contribution in [3.8, 4) is 6.07 Å². The minimum absolute atomic E-state index is 0.568. The molecule has 0 aromatic heterocycles. The normalized spacial score (nSPS) is 16.7. The summed E-state index contributed by atoms with van der Waals surface area (Å²) in [6, 6.07) is 8.60. The number of hydrogen-bond acceptors (Lipinski definition) is 3. The van der Waals surface area contributed by atoms with Gasteiger partial charge in [-0.1, -0.05) is 6.07 Å². The van der Waals surface area contributed by atoms with Gasteiger partial charge in [-0.15, -0.1) is 0 Å². The summed E-state index contributed by atoms with van der Waals surface area (Å²) < 4.78 is 5.33. The highest BCUT2D eigenvalue weighted by Crippen LogP contribution is 2.12. The SMILES string of the molecule is Cc1cc(C#N)ccc1CNC1CCOCC1. The van der Waals surface area contributed by atoms with Gasteiger partial charge >= 0.3 is 0 Å². The summed E-state index contributed by atoms with van der Waals surface area (Å²) in [5, 5.41) is 12.4. The van der Waals surface area contributed by atoms with E-state index in [1.54, 1.807) is 0 Å². The summed E-state index contributed by atoms with van der Waals surface area (Å²) in [5.41, 5.74) is 3.19. The molecule has 0 saturated carbocycles. The third-order valence-electron chi connectivity index (χ3n) is 3.27. The molecule has 1 fully saturated rings. The lowest BCUT2D eigenvalue weighted by molar-refractivity contribution is 0.0776. The lowest BCUT2D eigenvalue weighted by Crippen LogP contribution is -2.34. The predicted molar refractivity (Wildman–Crippen MR) is 66.6 cm³/mol. The van der Waals surface area contributed by atoms with Crippen LogP contribution in [-0.2, 0) is 11.3 Å². The van der Waals surface area contributed by atoms with Crippen LogP contribution in [0, 0.1) is 18.3 Å². The van der Waals surface area contributed by atoms with Crippen molar-refractivity contribution in [1.82, 2.24) is 5.32 Å². The average molecular weight is 230 g/mol. The van der Waals surface area contributed by atoms with Crippen LogP contribution in [0.25, 0.3) is 0 Å². The van der Waals surface area contributed by atoms with Gasteiger partial charge in [0.1, 0.15) is 0 Å². The first-order valence-electron chi connectivity index (χ1n) is 6.10. The van der Waals surface area contributed by atoms with E-state index in [1.807, 2.05) is 18.2 Å². The third-order valence-corrected chi connectivity index (χ3v) is 3.27. The van der Waals surface area contributed by atoms with Crippen molar-refractivity contribution < 1.29 is 4.74 Å². The number of nitrogens with zero attached hydrogens (tertiary/aromatic N) is 1. The van der Waals surface area contributed by atoms with Gasteiger partial charge in [0.05, 0.1) is 11.6 Å². The zero-order valence-electron chi connectivity index (χ0n) is 10.2. The monoisotopic (exact) mass is 230 g/mol. The van der Waals surface area contributed by atoms with Gasteiger partial charge in [0.25, 0.3) is 0 Å². The Morgan fingerprint density at radius 2 is 2.18 bits per heavy atom. The number of nitriles is 1. The summed E-state index contributed by atoms with van der Waals surface area (Å²) in [6.07, 6.45) is 2.19. The fourth-order valence-electron chi connectivity index (χ4n) is 2.12. The maximum absolute atomic E-state index is 8.81. The Balaban J connectivity index is 1.92. The van der Waals surface area contributed by atoms with Crippen molar-refractivity contribution in [2.24, 2.45) is 0 Å². The molecule has 0 aliphatic carbocycles. The van der Waals surface area contributed by atoms with Crippen molar-refractivity contribution in [1.29, 1.82) is 5.26 Å². The smallest absolute Gasteiger partial charge is 0.0991 e. The Kier molecular flexibility index (Phi) is 4.13. The number of hydrogen-bond donors (Lipinski definition) is 1. The summed E-state index contributed by atoms with van der Waals surface area (Å²) in [4.78, 5) is 0. The minimum Gasteiger partial charge on any atom is -0.381 e. The van der Waals surface area contributed by atoms with E-state index in [9.17, 15) is 0 Å². The van der Waals surface area contributed by atoms with Crippen LogP contribution >= 0.6 is 0 Å². The molecule has 0 amide bonds. The first-order chi connectivity index (χ1) is 8.29. The van der Waals surface area contributed by atoms with E-state index >= 15 is 0 Å². The Morgan fingerprint density at radius 3 is 2.82 bits per heavy atom. The Hall–Kier alpha value is -1.37. The first kappa shape index (κ1) is 12.1. The highest BCUT2D eigenvalue weighted by molar-refractivity contribution is 5.37. The van der Waals surface area contributed by atoms with E-state index in [4.69, 9.17) is 10.00 Å². The molecular weight excluding hydrogens is 212 g/mol. The molecule has 2 rings (SSSR count).